The first-order chi connectivity index (χ1) is 10.7. The maximum atomic E-state index is 5.46. The van der Waals surface area contributed by atoms with Crippen molar-refractivity contribution in [3.8, 4) is 5.75 Å². The summed E-state index contributed by atoms with van der Waals surface area (Å²) in [5.41, 5.74) is 2.95. The number of aryl methyl sites for hydroxylation is 1. The molecule has 22 heavy (non-hydrogen) atoms. The molecule has 120 valence electrons. The Morgan fingerprint density at radius 3 is 2.68 bits per heavy atom. The smallest absolute Gasteiger partial charge is 0.191 e. The second-order valence-corrected chi connectivity index (χ2v) is 6.73. The molecule has 0 radical (unpaired) electrons. The molecule has 0 bridgehead atoms. The van der Waals surface area contributed by atoms with Crippen molar-refractivity contribution in [1.29, 1.82) is 0 Å². The summed E-state index contributed by atoms with van der Waals surface area (Å²) in [5.74, 6) is 2.78. The molecule has 0 aromatic heterocycles. The van der Waals surface area contributed by atoms with Gasteiger partial charge in [-0.1, -0.05) is 12.1 Å². The number of benzene rings is 1. The van der Waals surface area contributed by atoms with Crippen molar-refractivity contribution in [2.24, 2.45) is 16.3 Å². The molecule has 0 spiro atoms. The largest absolute Gasteiger partial charge is 0.496 e. The summed E-state index contributed by atoms with van der Waals surface area (Å²) < 4.78 is 5.46. The molecule has 4 heteroatoms. The van der Waals surface area contributed by atoms with Crippen LogP contribution in [0.5, 0.6) is 5.75 Å². The van der Waals surface area contributed by atoms with E-state index in [9.17, 15) is 0 Å². The highest BCUT2D eigenvalue weighted by Gasteiger charge is 2.53. The SMILES string of the molecule is CN=C(NCc1ccc(C)cc1OC)NCC1(C2CC2)CC1. The van der Waals surface area contributed by atoms with Crippen LogP contribution in [-0.2, 0) is 6.54 Å². The number of nitrogens with one attached hydrogen (secondary N) is 2. The lowest BCUT2D eigenvalue weighted by Crippen LogP contribution is -2.40. The molecule has 0 heterocycles. The number of hydrogen-bond donors (Lipinski definition) is 2. The third-order valence-electron chi connectivity index (χ3n) is 5.06. The van der Waals surface area contributed by atoms with E-state index in [1.54, 1.807) is 7.11 Å². The highest BCUT2D eigenvalue weighted by Crippen LogP contribution is 2.60. The van der Waals surface area contributed by atoms with E-state index in [1.165, 1.54) is 31.2 Å². The molecule has 0 amide bonds. The van der Waals surface area contributed by atoms with Gasteiger partial charge in [0, 0.05) is 25.7 Å². The quantitative estimate of drug-likeness (QED) is 0.627. The second-order valence-electron chi connectivity index (χ2n) is 6.73. The van der Waals surface area contributed by atoms with Gasteiger partial charge >= 0.3 is 0 Å². The van der Waals surface area contributed by atoms with Gasteiger partial charge in [-0.3, -0.25) is 4.99 Å². The van der Waals surface area contributed by atoms with Gasteiger partial charge in [-0.15, -0.1) is 0 Å². The molecule has 0 atom stereocenters. The number of ether oxygens (including phenoxy) is 1. The van der Waals surface area contributed by atoms with Crippen molar-refractivity contribution in [3.63, 3.8) is 0 Å². The van der Waals surface area contributed by atoms with E-state index in [0.717, 1.165) is 36.3 Å². The van der Waals surface area contributed by atoms with Crippen LogP contribution in [-0.4, -0.2) is 26.7 Å². The zero-order chi connectivity index (χ0) is 15.6. The van der Waals surface area contributed by atoms with Crippen molar-refractivity contribution in [3.05, 3.63) is 29.3 Å². The van der Waals surface area contributed by atoms with Crippen LogP contribution in [0.2, 0.25) is 0 Å². The number of guanidine groups is 1. The first-order valence-corrected chi connectivity index (χ1v) is 8.25. The van der Waals surface area contributed by atoms with Gasteiger partial charge in [0.1, 0.15) is 5.75 Å². The summed E-state index contributed by atoms with van der Waals surface area (Å²) in [6.45, 7) is 3.86. The van der Waals surface area contributed by atoms with Gasteiger partial charge in [-0.2, -0.15) is 0 Å². The maximum Gasteiger partial charge on any atom is 0.191 e. The molecule has 2 N–H and O–H groups in total. The first kappa shape index (κ1) is 15.2. The third kappa shape index (κ3) is 3.37. The van der Waals surface area contributed by atoms with E-state index >= 15 is 0 Å². The summed E-state index contributed by atoms with van der Waals surface area (Å²) >= 11 is 0. The number of methoxy groups -OCH3 is 1. The summed E-state index contributed by atoms with van der Waals surface area (Å²) in [7, 11) is 3.55. The van der Waals surface area contributed by atoms with Crippen LogP contribution in [0.15, 0.2) is 23.2 Å². The first-order valence-electron chi connectivity index (χ1n) is 8.25. The molecular weight excluding hydrogens is 274 g/mol. The Morgan fingerprint density at radius 1 is 1.32 bits per heavy atom. The summed E-state index contributed by atoms with van der Waals surface area (Å²) in [4.78, 5) is 4.34. The molecule has 2 saturated carbocycles. The lowest BCUT2D eigenvalue weighted by Gasteiger charge is -2.18. The van der Waals surface area contributed by atoms with Crippen LogP contribution in [0.4, 0.5) is 0 Å². The van der Waals surface area contributed by atoms with E-state index < -0.39 is 0 Å². The Balaban J connectivity index is 1.53. The fourth-order valence-corrected chi connectivity index (χ4v) is 3.24. The van der Waals surface area contributed by atoms with Gasteiger partial charge in [0.2, 0.25) is 0 Å². The number of hydrogen-bond acceptors (Lipinski definition) is 2. The molecule has 0 unspecified atom stereocenters. The van der Waals surface area contributed by atoms with Crippen molar-refractivity contribution in [2.45, 2.75) is 39.2 Å². The molecule has 2 fully saturated rings. The topological polar surface area (TPSA) is 45.7 Å². The number of rotatable bonds is 6. The van der Waals surface area contributed by atoms with Gasteiger partial charge < -0.3 is 15.4 Å². The van der Waals surface area contributed by atoms with Crippen LogP contribution in [0.1, 0.15) is 36.8 Å². The zero-order valence-corrected chi connectivity index (χ0v) is 13.9. The molecule has 0 aliphatic heterocycles. The predicted molar refractivity (Wildman–Crippen MR) is 90.3 cm³/mol. The average Bonchev–Trinajstić information content (AvgIpc) is 3.40. The fraction of sp³-hybridized carbons (Fsp3) is 0.611. The van der Waals surface area contributed by atoms with E-state index in [0.29, 0.717) is 5.41 Å². The van der Waals surface area contributed by atoms with Crippen molar-refractivity contribution >= 4 is 5.96 Å². The Hall–Kier alpha value is -1.71. The van der Waals surface area contributed by atoms with Gasteiger partial charge in [-0.25, -0.2) is 0 Å². The van der Waals surface area contributed by atoms with Gasteiger partial charge in [0.15, 0.2) is 5.96 Å². The van der Waals surface area contributed by atoms with Crippen molar-refractivity contribution in [2.75, 3.05) is 20.7 Å². The van der Waals surface area contributed by atoms with E-state index in [2.05, 4.69) is 40.7 Å². The molecule has 4 nitrogen and oxygen atoms in total. The minimum atomic E-state index is 0.583. The normalized spacial score (nSPS) is 19.7. The Kier molecular flexibility index (Phi) is 4.27. The molecule has 2 aliphatic carbocycles. The summed E-state index contributed by atoms with van der Waals surface area (Å²) in [6.07, 6.45) is 5.61. The minimum absolute atomic E-state index is 0.583. The Bertz CT molecular complexity index is 559. The fourth-order valence-electron chi connectivity index (χ4n) is 3.24. The molecule has 2 aliphatic rings. The molecule has 0 saturated heterocycles. The van der Waals surface area contributed by atoms with Crippen LogP contribution in [0, 0.1) is 18.3 Å². The summed E-state index contributed by atoms with van der Waals surface area (Å²) in [5, 5.41) is 6.91. The molecule has 3 rings (SSSR count). The Labute approximate surface area is 133 Å². The van der Waals surface area contributed by atoms with Gasteiger partial charge in [0.25, 0.3) is 0 Å². The highest BCUT2D eigenvalue weighted by molar-refractivity contribution is 5.79. The lowest BCUT2D eigenvalue weighted by molar-refractivity contribution is 0.408. The zero-order valence-electron chi connectivity index (χ0n) is 13.9. The van der Waals surface area contributed by atoms with Gasteiger partial charge in [0.05, 0.1) is 7.11 Å². The minimum Gasteiger partial charge on any atom is -0.496 e. The van der Waals surface area contributed by atoms with Gasteiger partial charge in [-0.05, 0) is 55.6 Å². The van der Waals surface area contributed by atoms with E-state index in [1.807, 2.05) is 7.05 Å². The Morgan fingerprint density at radius 2 is 2.09 bits per heavy atom. The van der Waals surface area contributed by atoms with Crippen LogP contribution >= 0.6 is 0 Å². The van der Waals surface area contributed by atoms with Crippen LogP contribution in [0.3, 0.4) is 0 Å². The molecular formula is C18H27N3O. The summed E-state index contributed by atoms with van der Waals surface area (Å²) in [6, 6.07) is 6.29. The van der Waals surface area contributed by atoms with Crippen LogP contribution < -0.4 is 15.4 Å². The monoisotopic (exact) mass is 301 g/mol. The van der Waals surface area contributed by atoms with E-state index in [-0.39, 0.29) is 0 Å². The van der Waals surface area contributed by atoms with Crippen molar-refractivity contribution in [1.82, 2.24) is 10.6 Å². The van der Waals surface area contributed by atoms with Crippen LogP contribution in [0.25, 0.3) is 0 Å². The molecule has 1 aromatic carbocycles. The average molecular weight is 301 g/mol. The lowest BCUT2D eigenvalue weighted by atomic mass is 10.0. The standard InChI is InChI=1S/C18H27N3O/c1-13-4-5-14(16(10-13)22-3)11-20-17(19-2)21-12-18(8-9-18)15-6-7-15/h4-5,10,15H,6-9,11-12H2,1-3H3,(H2,19,20,21). The predicted octanol–water partition coefficient (Wildman–Crippen LogP) is 2.86. The second kappa shape index (κ2) is 6.19. The number of nitrogens with zero attached hydrogens (tertiary/aromatic N) is 1. The van der Waals surface area contributed by atoms with E-state index in [4.69, 9.17) is 4.74 Å². The third-order valence-corrected chi connectivity index (χ3v) is 5.06. The molecule has 1 aromatic rings. The van der Waals surface area contributed by atoms with Crippen molar-refractivity contribution < 1.29 is 4.74 Å². The maximum absolute atomic E-state index is 5.46. The number of aliphatic imine (C=N–C) groups is 1. The highest BCUT2D eigenvalue weighted by atomic mass is 16.5.